The summed E-state index contributed by atoms with van der Waals surface area (Å²) in [6, 6.07) is 2.15. The average molecular weight is 262 g/mol. The zero-order valence-corrected chi connectivity index (χ0v) is 11.0. The minimum Gasteiger partial charge on any atom is -0.347 e. The quantitative estimate of drug-likeness (QED) is 0.810. The van der Waals surface area contributed by atoms with Gasteiger partial charge < -0.3 is 10.6 Å². The molecule has 1 atom stereocenters. The van der Waals surface area contributed by atoms with Crippen LogP contribution >= 0.6 is 0 Å². The third kappa shape index (κ3) is 3.51. The van der Waals surface area contributed by atoms with Gasteiger partial charge in [0, 0.05) is 6.04 Å². The van der Waals surface area contributed by atoms with Gasteiger partial charge in [-0.15, -0.1) is 5.10 Å². The molecule has 0 aromatic carbocycles. The summed E-state index contributed by atoms with van der Waals surface area (Å²) in [5.41, 5.74) is 0.309. The lowest BCUT2D eigenvalue weighted by atomic mass is 10.1. The van der Waals surface area contributed by atoms with Gasteiger partial charge >= 0.3 is 0 Å². The molecule has 0 saturated carbocycles. The number of piperidine rings is 1. The molecule has 7 heteroatoms. The second-order valence-corrected chi connectivity index (χ2v) is 4.80. The molecule has 2 rings (SSSR count). The van der Waals surface area contributed by atoms with Crippen LogP contribution in [0.25, 0.3) is 0 Å². The van der Waals surface area contributed by atoms with Crippen molar-refractivity contribution < 1.29 is 4.79 Å². The normalized spacial score (nSPS) is 17.7. The molecule has 1 fully saturated rings. The van der Waals surface area contributed by atoms with Crippen molar-refractivity contribution in [3.05, 3.63) is 11.9 Å². The molecule has 0 spiro atoms. The molecule has 2 N–H and O–H groups in total. The Morgan fingerprint density at radius 1 is 1.68 bits per heavy atom. The lowest BCUT2D eigenvalue weighted by Crippen LogP contribution is -2.32. The molecule has 19 heavy (non-hydrogen) atoms. The maximum absolute atomic E-state index is 11.9. The van der Waals surface area contributed by atoms with E-state index < -0.39 is 0 Å². The zero-order valence-electron chi connectivity index (χ0n) is 11.0. The van der Waals surface area contributed by atoms with E-state index in [1.807, 2.05) is 6.07 Å². The maximum atomic E-state index is 11.9. The van der Waals surface area contributed by atoms with Crippen molar-refractivity contribution in [1.82, 2.24) is 25.6 Å². The van der Waals surface area contributed by atoms with E-state index in [9.17, 15) is 4.79 Å². The number of nitrogens with zero attached hydrogens (tertiary/aromatic N) is 4. The summed E-state index contributed by atoms with van der Waals surface area (Å²) in [5, 5.41) is 22.5. The van der Waals surface area contributed by atoms with E-state index in [2.05, 4.69) is 20.9 Å². The van der Waals surface area contributed by atoms with Crippen molar-refractivity contribution >= 4 is 5.91 Å². The number of carbonyl (C=O) groups excluding carboxylic acids is 1. The molecule has 1 aromatic rings. The van der Waals surface area contributed by atoms with Gasteiger partial charge in [0.05, 0.1) is 24.7 Å². The molecule has 1 unspecified atom stereocenters. The van der Waals surface area contributed by atoms with Gasteiger partial charge in [-0.3, -0.25) is 4.79 Å². The maximum Gasteiger partial charge on any atom is 0.273 e. The third-order valence-electron chi connectivity index (χ3n) is 3.20. The molecule has 0 aliphatic carbocycles. The molecule has 1 aromatic heterocycles. The topological polar surface area (TPSA) is 95.6 Å². The molecule has 1 aliphatic rings. The Labute approximate surface area is 112 Å². The summed E-state index contributed by atoms with van der Waals surface area (Å²) in [4.78, 5) is 11.9. The summed E-state index contributed by atoms with van der Waals surface area (Å²) in [7, 11) is 0. The molecule has 7 nitrogen and oxygen atoms in total. The monoisotopic (exact) mass is 262 g/mol. The number of nitriles is 1. The van der Waals surface area contributed by atoms with Crippen molar-refractivity contribution in [2.24, 2.45) is 0 Å². The van der Waals surface area contributed by atoms with E-state index in [0.29, 0.717) is 11.7 Å². The summed E-state index contributed by atoms with van der Waals surface area (Å²) >= 11 is 0. The Balaban J connectivity index is 1.96. The Morgan fingerprint density at radius 2 is 2.42 bits per heavy atom. The van der Waals surface area contributed by atoms with Gasteiger partial charge in [-0.1, -0.05) is 5.21 Å². The van der Waals surface area contributed by atoms with E-state index in [0.717, 1.165) is 25.9 Å². The summed E-state index contributed by atoms with van der Waals surface area (Å²) < 4.78 is 1.77. The van der Waals surface area contributed by atoms with Crippen LogP contribution in [0.5, 0.6) is 0 Å². The first-order chi connectivity index (χ1) is 9.20. The van der Waals surface area contributed by atoms with E-state index in [1.54, 1.807) is 17.8 Å². The first-order valence-corrected chi connectivity index (χ1v) is 6.51. The molecule has 2 heterocycles. The van der Waals surface area contributed by atoms with Crippen LogP contribution in [0.2, 0.25) is 0 Å². The predicted octanol–water partition coefficient (Wildman–Crippen LogP) is 0.235. The van der Waals surface area contributed by atoms with Crippen LogP contribution < -0.4 is 10.6 Å². The molecular formula is C12H18N6O. The van der Waals surface area contributed by atoms with Gasteiger partial charge in [-0.2, -0.15) is 5.26 Å². The second-order valence-electron chi connectivity index (χ2n) is 4.80. The van der Waals surface area contributed by atoms with Crippen LogP contribution in [0, 0.1) is 11.3 Å². The van der Waals surface area contributed by atoms with E-state index in [1.165, 1.54) is 0 Å². The molecule has 1 aliphatic heterocycles. The van der Waals surface area contributed by atoms with Crippen molar-refractivity contribution in [1.29, 1.82) is 5.26 Å². The van der Waals surface area contributed by atoms with Gasteiger partial charge in [0.1, 0.15) is 0 Å². The lowest BCUT2D eigenvalue weighted by molar-refractivity contribution is 0.0935. The minimum absolute atomic E-state index is 0.179. The zero-order chi connectivity index (χ0) is 13.7. The van der Waals surface area contributed by atoms with Crippen LogP contribution in [-0.2, 0) is 0 Å². The predicted molar refractivity (Wildman–Crippen MR) is 68.3 cm³/mol. The molecular weight excluding hydrogens is 244 g/mol. The Hall–Kier alpha value is -1.94. The Bertz CT molecular complexity index is 471. The van der Waals surface area contributed by atoms with Crippen molar-refractivity contribution in [2.75, 3.05) is 13.1 Å². The van der Waals surface area contributed by atoms with Gasteiger partial charge in [0.25, 0.3) is 5.91 Å². The highest BCUT2D eigenvalue weighted by atomic mass is 16.2. The van der Waals surface area contributed by atoms with Gasteiger partial charge in [0.15, 0.2) is 5.69 Å². The minimum atomic E-state index is -0.275. The fourth-order valence-electron chi connectivity index (χ4n) is 2.12. The number of amides is 1. The number of aromatic nitrogens is 3. The van der Waals surface area contributed by atoms with Crippen molar-refractivity contribution in [3.8, 4) is 6.07 Å². The molecule has 102 valence electrons. The molecule has 1 amide bonds. The summed E-state index contributed by atoms with van der Waals surface area (Å²) in [6.07, 6.45) is 3.96. The van der Waals surface area contributed by atoms with Gasteiger partial charge in [-0.25, -0.2) is 4.68 Å². The molecule has 0 radical (unpaired) electrons. The van der Waals surface area contributed by atoms with Gasteiger partial charge in [0.2, 0.25) is 0 Å². The van der Waals surface area contributed by atoms with E-state index in [-0.39, 0.29) is 18.4 Å². The first kappa shape index (κ1) is 13.5. The van der Waals surface area contributed by atoms with Crippen LogP contribution in [0.4, 0.5) is 0 Å². The number of hydrogen-bond acceptors (Lipinski definition) is 5. The first-order valence-electron chi connectivity index (χ1n) is 6.51. The largest absolute Gasteiger partial charge is 0.347 e. The number of carbonyl (C=O) groups is 1. The number of rotatable bonds is 4. The van der Waals surface area contributed by atoms with E-state index in [4.69, 9.17) is 5.26 Å². The van der Waals surface area contributed by atoms with Crippen LogP contribution in [0.1, 0.15) is 42.7 Å². The Morgan fingerprint density at radius 3 is 3.11 bits per heavy atom. The highest BCUT2D eigenvalue weighted by molar-refractivity contribution is 5.92. The molecule has 0 bridgehead atoms. The van der Waals surface area contributed by atoms with Gasteiger partial charge in [-0.05, 0) is 32.9 Å². The fourth-order valence-corrected chi connectivity index (χ4v) is 2.12. The number of nitrogens with one attached hydrogen (secondary N) is 2. The molecule has 1 saturated heterocycles. The van der Waals surface area contributed by atoms with E-state index >= 15 is 0 Å². The average Bonchev–Trinajstić information content (AvgIpc) is 2.89. The summed E-state index contributed by atoms with van der Waals surface area (Å²) in [6.45, 7) is 3.72. The van der Waals surface area contributed by atoms with Crippen LogP contribution in [0.15, 0.2) is 6.20 Å². The SMILES string of the molecule is CC(CC#N)NC(=O)c1cn(C2CCNCC2)nn1. The highest BCUT2D eigenvalue weighted by Crippen LogP contribution is 2.16. The highest BCUT2D eigenvalue weighted by Gasteiger charge is 2.19. The fraction of sp³-hybridized carbons (Fsp3) is 0.667. The summed E-state index contributed by atoms with van der Waals surface area (Å²) in [5.74, 6) is -0.275. The van der Waals surface area contributed by atoms with Crippen LogP contribution in [-0.4, -0.2) is 40.0 Å². The third-order valence-corrected chi connectivity index (χ3v) is 3.20. The van der Waals surface area contributed by atoms with Crippen molar-refractivity contribution in [2.45, 2.75) is 38.3 Å². The standard InChI is InChI=1S/C12H18N6O/c1-9(2-5-13)15-12(19)11-8-18(17-16-11)10-3-6-14-7-4-10/h8-10,14H,2-4,6-7H2,1H3,(H,15,19). The van der Waals surface area contributed by atoms with Crippen molar-refractivity contribution in [3.63, 3.8) is 0 Å². The smallest absolute Gasteiger partial charge is 0.273 e. The number of hydrogen-bond donors (Lipinski definition) is 2. The van der Waals surface area contributed by atoms with Crippen LogP contribution in [0.3, 0.4) is 0 Å². The Kier molecular flexibility index (Phi) is 4.47. The second kappa shape index (κ2) is 6.29. The lowest BCUT2D eigenvalue weighted by Gasteiger charge is -2.22.